The number of ether oxygens (including phenoxy) is 1. The summed E-state index contributed by atoms with van der Waals surface area (Å²) in [5, 5.41) is 3.44. The third-order valence-electron chi connectivity index (χ3n) is 5.03. The summed E-state index contributed by atoms with van der Waals surface area (Å²) in [5.74, 6) is 2.87. The van der Waals surface area contributed by atoms with Gasteiger partial charge in [-0.1, -0.05) is 18.2 Å². The van der Waals surface area contributed by atoms with Crippen LogP contribution in [0.3, 0.4) is 0 Å². The van der Waals surface area contributed by atoms with Crippen molar-refractivity contribution in [3.63, 3.8) is 0 Å². The average molecular weight is 512 g/mol. The van der Waals surface area contributed by atoms with Crippen LogP contribution in [-0.4, -0.2) is 62.1 Å². The van der Waals surface area contributed by atoms with Gasteiger partial charge in [-0.05, 0) is 45.3 Å². The molecule has 0 bridgehead atoms. The third-order valence-corrected chi connectivity index (χ3v) is 5.03. The van der Waals surface area contributed by atoms with Crippen LogP contribution in [0.25, 0.3) is 0 Å². The molecule has 3 rings (SSSR count). The van der Waals surface area contributed by atoms with Crippen molar-refractivity contribution >= 4 is 29.9 Å². The van der Waals surface area contributed by atoms with E-state index in [2.05, 4.69) is 36.1 Å². The lowest BCUT2D eigenvalue weighted by Crippen LogP contribution is -2.47. The molecular weight excluding hydrogens is 479 g/mol. The lowest BCUT2D eigenvalue weighted by Gasteiger charge is -2.34. The molecule has 29 heavy (non-hydrogen) atoms. The van der Waals surface area contributed by atoms with Gasteiger partial charge in [-0.15, -0.1) is 24.0 Å². The van der Waals surface area contributed by atoms with Crippen LogP contribution in [0.4, 0.5) is 0 Å². The van der Waals surface area contributed by atoms with Crippen molar-refractivity contribution in [2.75, 3.05) is 40.3 Å². The average Bonchev–Trinajstić information content (AvgIpc) is 3.23. The van der Waals surface area contributed by atoms with E-state index in [1.807, 2.05) is 42.5 Å². The Balaban J connectivity index is 0.00000300. The van der Waals surface area contributed by atoms with Crippen LogP contribution in [0, 0.1) is 0 Å². The number of rotatable bonds is 7. The molecular formula is C22H33IN4O2. The van der Waals surface area contributed by atoms with E-state index in [9.17, 15) is 0 Å². The number of nitrogens with one attached hydrogen (secondary N) is 1. The highest BCUT2D eigenvalue weighted by Gasteiger charge is 2.23. The Morgan fingerprint density at radius 2 is 1.93 bits per heavy atom. The minimum absolute atomic E-state index is 0. The minimum Gasteiger partial charge on any atom is -0.490 e. The second-order valence-electron chi connectivity index (χ2n) is 7.31. The van der Waals surface area contributed by atoms with Crippen LogP contribution < -0.4 is 10.1 Å². The molecule has 0 amide bonds. The summed E-state index contributed by atoms with van der Waals surface area (Å²) in [6, 6.07) is 14.2. The first-order valence-electron chi connectivity index (χ1n) is 10.1. The van der Waals surface area contributed by atoms with Gasteiger partial charge in [0.05, 0.1) is 18.8 Å². The summed E-state index contributed by atoms with van der Waals surface area (Å²) in [6.07, 6.45) is 3.97. The molecule has 0 radical (unpaired) electrons. The van der Waals surface area contributed by atoms with Gasteiger partial charge in [-0.3, -0.25) is 9.89 Å². The van der Waals surface area contributed by atoms with E-state index in [1.54, 1.807) is 6.26 Å². The molecule has 1 atom stereocenters. The largest absolute Gasteiger partial charge is 0.490 e. The first-order chi connectivity index (χ1) is 13.7. The van der Waals surface area contributed by atoms with E-state index in [0.29, 0.717) is 6.54 Å². The van der Waals surface area contributed by atoms with Crippen LogP contribution in [0.1, 0.15) is 31.6 Å². The molecule has 2 heterocycles. The molecule has 7 heteroatoms. The molecule has 0 saturated carbocycles. The molecule has 1 unspecified atom stereocenters. The Bertz CT molecular complexity index is 714. The van der Waals surface area contributed by atoms with E-state index in [1.165, 1.54) is 0 Å². The summed E-state index contributed by atoms with van der Waals surface area (Å²) in [4.78, 5) is 9.39. The fraction of sp³-hybridized carbons (Fsp3) is 0.500. The molecule has 1 aromatic heterocycles. The van der Waals surface area contributed by atoms with E-state index >= 15 is 0 Å². The van der Waals surface area contributed by atoms with Gasteiger partial charge in [0.25, 0.3) is 0 Å². The molecule has 1 N–H and O–H groups in total. The fourth-order valence-corrected chi connectivity index (χ4v) is 3.46. The molecule has 0 aliphatic carbocycles. The summed E-state index contributed by atoms with van der Waals surface area (Å²) in [5.41, 5.74) is 0. The topological polar surface area (TPSA) is 53.2 Å². The quantitative estimate of drug-likeness (QED) is 0.345. The second-order valence-corrected chi connectivity index (χ2v) is 7.31. The van der Waals surface area contributed by atoms with Gasteiger partial charge in [0.1, 0.15) is 17.6 Å². The van der Waals surface area contributed by atoms with Crippen LogP contribution in [0.5, 0.6) is 5.75 Å². The number of nitrogens with zero attached hydrogens (tertiary/aromatic N) is 3. The monoisotopic (exact) mass is 512 g/mol. The number of furan rings is 1. The van der Waals surface area contributed by atoms with E-state index in [4.69, 9.17) is 14.1 Å². The Morgan fingerprint density at radius 3 is 2.52 bits per heavy atom. The summed E-state index contributed by atoms with van der Waals surface area (Å²) < 4.78 is 11.7. The van der Waals surface area contributed by atoms with Crippen molar-refractivity contribution in [1.82, 2.24) is 15.1 Å². The minimum atomic E-state index is 0. The number of guanidine groups is 1. The maximum Gasteiger partial charge on any atom is 0.193 e. The second kappa shape index (κ2) is 12.1. The van der Waals surface area contributed by atoms with Crippen molar-refractivity contribution in [2.45, 2.75) is 31.9 Å². The molecule has 1 aromatic carbocycles. The van der Waals surface area contributed by atoms with Crippen LogP contribution >= 0.6 is 24.0 Å². The van der Waals surface area contributed by atoms with E-state index < -0.39 is 0 Å². The molecule has 1 saturated heterocycles. The number of likely N-dealkylation sites (N-methyl/N-ethyl adjacent to an activating group) is 1. The molecule has 0 spiro atoms. The maximum atomic E-state index is 6.12. The van der Waals surface area contributed by atoms with E-state index in [0.717, 1.165) is 49.9 Å². The van der Waals surface area contributed by atoms with Crippen molar-refractivity contribution < 1.29 is 9.15 Å². The first kappa shape index (κ1) is 23.5. The zero-order valence-corrected chi connectivity index (χ0v) is 19.9. The predicted molar refractivity (Wildman–Crippen MR) is 128 cm³/mol. The number of hydrogen-bond acceptors (Lipinski definition) is 4. The molecule has 2 aromatic rings. The molecule has 1 fully saturated rings. The zero-order valence-electron chi connectivity index (χ0n) is 17.6. The third kappa shape index (κ3) is 6.92. The Labute approximate surface area is 191 Å². The number of hydrogen-bond donors (Lipinski definition) is 1. The van der Waals surface area contributed by atoms with Crippen molar-refractivity contribution in [1.29, 1.82) is 0 Å². The Kier molecular flexibility index (Phi) is 9.80. The molecule has 6 nitrogen and oxygen atoms in total. The van der Waals surface area contributed by atoms with Gasteiger partial charge in [-0.2, -0.15) is 0 Å². The molecule has 1 aliphatic rings. The van der Waals surface area contributed by atoms with Crippen LogP contribution in [-0.2, 0) is 0 Å². The molecule has 160 valence electrons. The number of aliphatic imine (C=N–C) groups is 1. The van der Waals surface area contributed by atoms with Gasteiger partial charge in [-0.25, -0.2) is 0 Å². The molecule has 1 aliphatic heterocycles. The lowest BCUT2D eigenvalue weighted by atomic mass is 10.1. The normalized spacial score (nSPS) is 16.4. The smallest absolute Gasteiger partial charge is 0.193 e. The highest BCUT2D eigenvalue weighted by Crippen LogP contribution is 2.21. The number of benzene rings is 1. The SMILES string of the molecule is CCNC(=NCC(c1ccco1)N(C)C)N1CCC(Oc2ccccc2)CC1.I. The zero-order chi connectivity index (χ0) is 19.8. The lowest BCUT2D eigenvalue weighted by molar-refractivity contribution is 0.129. The number of likely N-dealkylation sites (tertiary alicyclic amines) is 1. The van der Waals surface area contributed by atoms with Gasteiger partial charge >= 0.3 is 0 Å². The van der Waals surface area contributed by atoms with Gasteiger partial charge in [0, 0.05) is 32.5 Å². The highest BCUT2D eigenvalue weighted by atomic mass is 127. The maximum absolute atomic E-state index is 6.12. The summed E-state index contributed by atoms with van der Waals surface area (Å²) >= 11 is 0. The Hall–Kier alpha value is -1.74. The predicted octanol–water partition coefficient (Wildman–Crippen LogP) is 4.01. The van der Waals surface area contributed by atoms with Gasteiger partial charge in [0.2, 0.25) is 0 Å². The summed E-state index contributed by atoms with van der Waals surface area (Å²) in [7, 11) is 4.12. The fourth-order valence-electron chi connectivity index (χ4n) is 3.46. The van der Waals surface area contributed by atoms with Gasteiger partial charge < -0.3 is 19.4 Å². The number of para-hydroxylation sites is 1. The van der Waals surface area contributed by atoms with E-state index in [-0.39, 0.29) is 36.1 Å². The Morgan fingerprint density at radius 1 is 1.21 bits per heavy atom. The van der Waals surface area contributed by atoms with Crippen molar-refractivity contribution in [3.05, 3.63) is 54.5 Å². The highest BCUT2D eigenvalue weighted by molar-refractivity contribution is 14.0. The number of piperidine rings is 1. The first-order valence-corrected chi connectivity index (χ1v) is 10.1. The van der Waals surface area contributed by atoms with Gasteiger partial charge in [0.15, 0.2) is 5.96 Å². The summed E-state index contributed by atoms with van der Waals surface area (Å²) in [6.45, 7) is 5.50. The van der Waals surface area contributed by atoms with Crippen molar-refractivity contribution in [3.8, 4) is 5.75 Å². The van der Waals surface area contributed by atoms with Crippen LogP contribution in [0.15, 0.2) is 58.1 Å². The van der Waals surface area contributed by atoms with Crippen LogP contribution in [0.2, 0.25) is 0 Å². The standard InChI is InChI=1S/C22H32N4O2.HI/c1-4-23-22(24-17-20(25(2)3)21-11-8-16-27-21)26-14-12-19(13-15-26)28-18-9-6-5-7-10-18;/h5-11,16,19-20H,4,12-15,17H2,1-3H3,(H,23,24);1H. The number of halogens is 1. The van der Waals surface area contributed by atoms with Crippen molar-refractivity contribution in [2.24, 2.45) is 4.99 Å².